The number of likely N-dealkylation sites (N-methyl/N-ethyl adjacent to an activating group) is 1. The molecule has 0 bridgehead atoms. The van der Waals surface area contributed by atoms with E-state index in [-0.39, 0.29) is 9.79 Å². The number of allylic oxidation sites excluding steroid dienone is 6. The normalized spacial score (nSPS) is 18.0. The van der Waals surface area contributed by atoms with Crippen molar-refractivity contribution in [1.82, 2.24) is 0 Å². The molecular formula is C40H44N2O6S2. The third-order valence-electron chi connectivity index (χ3n) is 10.3. The summed E-state index contributed by atoms with van der Waals surface area (Å²) in [6.07, 6.45) is 13.4. The first-order valence-corrected chi connectivity index (χ1v) is 19.9. The topological polar surface area (TPSA) is 118 Å². The van der Waals surface area contributed by atoms with Crippen molar-refractivity contribution < 1.29 is 30.5 Å². The number of fused-ring (bicyclic) bond motifs is 6. The van der Waals surface area contributed by atoms with Crippen LogP contribution in [0.4, 0.5) is 11.4 Å². The van der Waals surface area contributed by atoms with Gasteiger partial charge in [0.15, 0.2) is 5.71 Å². The molecular weight excluding hydrogens is 669 g/mol. The van der Waals surface area contributed by atoms with Gasteiger partial charge in [0.1, 0.15) is 21.6 Å². The first kappa shape index (κ1) is 35.7. The van der Waals surface area contributed by atoms with Gasteiger partial charge in [0.25, 0.3) is 10.1 Å². The number of unbranched alkanes of at least 4 members (excludes halogenated alkanes) is 2. The maximum absolute atomic E-state index is 12.2. The van der Waals surface area contributed by atoms with E-state index in [9.17, 15) is 25.9 Å². The molecule has 262 valence electrons. The zero-order valence-corrected chi connectivity index (χ0v) is 31.0. The maximum Gasteiger partial charge on any atom is 0.295 e. The van der Waals surface area contributed by atoms with E-state index in [1.165, 1.54) is 18.2 Å². The largest absolute Gasteiger partial charge is 0.744 e. The standard InChI is InChI=1S/C40H44N2O6S2/c1-7-9-13-25-42-33-23-20-27-19-21-28(49(43,44)45)26-31(27)38(33)40(5,6)36(42)18-12-10-11-17-35-39(3,4)37-30-15-14-16-34(50(46,47)48)29(30)22-24-32(37)41(35)8-2/h10-12,14-24,26H,7-9,13,25H2,1-6H3,(H-,43,44,45,46,47,48). The highest BCUT2D eigenvalue weighted by Gasteiger charge is 2.45. The molecule has 2 aliphatic rings. The smallest absolute Gasteiger partial charge is 0.295 e. The molecule has 0 amide bonds. The van der Waals surface area contributed by atoms with Crippen molar-refractivity contribution in [3.8, 4) is 0 Å². The van der Waals surface area contributed by atoms with Crippen molar-refractivity contribution in [3.05, 3.63) is 108 Å². The van der Waals surface area contributed by atoms with Crippen molar-refractivity contribution >= 4 is 58.9 Å². The molecule has 0 saturated heterocycles. The van der Waals surface area contributed by atoms with Gasteiger partial charge in [0.2, 0.25) is 5.69 Å². The highest BCUT2D eigenvalue weighted by Crippen LogP contribution is 2.51. The predicted octanol–water partition coefficient (Wildman–Crippen LogP) is 8.52. The highest BCUT2D eigenvalue weighted by molar-refractivity contribution is 7.86. The van der Waals surface area contributed by atoms with E-state index in [4.69, 9.17) is 0 Å². The van der Waals surface area contributed by atoms with Crippen LogP contribution < -0.4 is 4.90 Å². The average Bonchev–Trinajstić information content (AvgIpc) is 3.41. The molecule has 0 aromatic heterocycles. The minimum Gasteiger partial charge on any atom is -0.744 e. The number of anilines is 1. The molecule has 2 aliphatic heterocycles. The number of hydrogen-bond donors (Lipinski definition) is 1. The molecule has 0 unspecified atom stereocenters. The molecule has 0 atom stereocenters. The minimum absolute atomic E-state index is 0.0961. The summed E-state index contributed by atoms with van der Waals surface area (Å²) in [7, 11) is -9.00. The second-order valence-electron chi connectivity index (χ2n) is 14.1. The molecule has 4 aromatic carbocycles. The zero-order valence-electron chi connectivity index (χ0n) is 29.4. The summed E-state index contributed by atoms with van der Waals surface area (Å²) in [5.74, 6) is 0. The number of rotatable bonds is 10. The number of hydrogen-bond acceptors (Lipinski definition) is 6. The Morgan fingerprint density at radius 2 is 1.56 bits per heavy atom. The van der Waals surface area contributed by atoms with Crippen molar-refractivity contribution in [2.45, 2.75) is 81.4 Å². The minimum atomic E-state index is -4.61. The van der Waals surface area contributed by atoms with E-state index >= 15 is 0 Å². The Balaban J connectivity index is 1.38. The Labute approximate surface area is 295 Å². The lowest BCUT2D eigenvalue weighted by Gasteiger charge is -2.26. The average molecular weight is 713 g/mol. The van der Waals surface area contributed by atoms with Gasteiger partial charge >= 0.3 is 0 Å². The second-order valence-corrected chi connectivity index (χ2v) is 16.9. The SMILES string of the molecule is CCCCC[N+]1=C(/C=C/C=C/C=C2\N(CC)c3ccc4c(S(=O)(=O)O)cccc4c3C2(C)C)C(C)(C)c2c1ccc1ccc(S(=O)(=O)[O-])cc21. The van der Waals surface area contributed by atoms with Gasteiger partial charge < -0.3 is 9.45 Å². The van der Waals surface area contributed by atoms with Crippen LogP contribution in [0.5, 0.6) is 0 Å². The molecule has 1 N–H and O–H groups in total. The van der Waals surface area contributed by atoms with Gasteiger partial charge in [-0.25, -0.2) is 8.42 Å². The van der Waals surface area contributed by atoms with Crippen molar-refractivity contribution in [1.29, 1.82) is 0 Å². The Morgan fingerprint density at radius 1 is 0.820 bits per heavy atom. The summed E-state index contributed by atoms with van der Waals surface area (Å²) in [5, 5.41) is 2.95. The molecule has 8 nitrogen and oxygen atoms in total. The van der Waals surface area contributed by atoms with Crippen molar-refractivity contribution in [3.63, 3.8) is 0 Å². The van der Waals surface area contributed by atoms with Gasteiger partial charge in [-0.1, -0.05) is 69.7 Å². The van der Waals surface area contributed by atoms with E-state index in [1.807, 2.05) is 36.4 Å². The van der Waals surface area contributed by atoms with E-state index < -0.39 is 31.1 Å². The summed E-state index contributed by atoms with van der Waals surface area (Å²) < 4.78 is 72.4. The first-order valence-electron chi connectivity index (χ1n) is 17.1. The van der Waals surface area contributed by atoms with Crippen LogP contribution in [0.25, 0.3) is 21.5 Å². The molecule has 0 radical (unpaired) electrons. The molecule has 6 rings (SSSR count). The Morgan fingerprint density at radius 3 is 2.24 bits per heavy atom. The summed E-state index contributed by atoms with van der Waals surface area (Å²) in [4.78, 5) is 1.92. The van der Waals surface area contributed by atoms with E-state index in [0.29, 0.717) is 5.39 Å². The third-order valence-corrected chi connectivity index (χ3v) is 12.0. The van der Waals surface area contributed by atoms with Crippen molar-refractivity contribution in [2.75, 3.05) is 18.0 Å². The monoisotopic (exact) mass is 712 g/mol. The Hall–Kier alpha value is -4.09. The van der Waals surface area contributed by atoms with Gasteiger partial charge in [-0.05, 0) is 85.3 Å². The molecule has 0 aliphatic carbocycles. The molecule has 0 saturated carbocycles. The summed E-state index contributed by atoms with van der Waals surface area (Å²) in [5.41, 5.74) is 5.31. The number of nitrogens with zero attached hydrogens (tertiary/aromatic N) is 2. The fourth-order valence-electron chi connectivity index (χ4n) is 7.99. The number of benzene rings is 4. The lowest BCUT2D eigenvalue weighted by Crippen LogP contribution is -2.28. The lowest BCUT2D eigenvalue weighted by atomic mass is 9.79. The summed E-state index contributed by atoms with van der Waals surface area (Å²) in [6, 6.07) is 17.4. The van der Waals surface area contributed by atoms with Gasteiger partial charge in [0, 0.05) is 52.9 Å². The fraction of sp³-hybridized carbons (Fsp3) is 0.325. The van der Waals surface area contributed by atoms with Gasteiger partial charge in [-0.15, -0.1) is 0 Å². The van der Waals surface area contributed by atoms with Gasteiger partial charge in [-0.3, -0.25) is 4.55 Å². The first-order chi connectivity index (χ1) is 23.5. The highest BCUT2D eigenvalue weighted by atomic mass is 32.2. The molecule has 50 heavy (non-hydrogen) atoms. The van der Waals surface area contributed by atoms with Crippen LogP contribution in [0.2, 0.25) is 0 Å². The molecule has 10 heteroatoms. The molecule has 4 aromatic rings. The Bertz CT molecular complexity index is 2380. The Kier molecular flexibility index (Phi) is 9.22. The quantitative estimate of drug-likeness (QED) is 0.0758. The van der Waals surface area contributed by atoms with E-state index in [2.05, 4.69) is 69.2 Å². The van der Waals surface area contributed by atoms with Crippen LogP contribution in [-0.2, 0) is 31.1 Å². The van der Waals surface area contributed by atoms with E-state index in [1.54, 1.807) is 18.2 Å². The van der Waals surface area contributed by atoms with Gasteiger partial charge in [-0.2, -0.15) is 13.0 Å². The molecule has 0 spiro atoms. The van der Waals surface area contributed by atoms with Crippen LogP contribution in [0.1, 0.15) is 71.9 Å². The molecule has 2 heterocycles. The predicted molar refractivity (Wildman–Crippen MR) is 200 cm³/mol. The van der Waals surface area contributed by atoms with Crippen LogP contribution in [0.15, 0.2) is 107 Å². The maximum atomic E-state index is 12.2. The second kappa shape index (κ2) is 12.9. The van der Waals surface area contributed by atoms with Crippen molar-refractivity contribution in [2.24, 2.45) is 0 Å². The third kappa shape index (κ3) is 6.02. The molecule has 0 fully saturated rings. The summed E-state index contributed by atoms with van der Waals surface area (Å²) >= 11 is 0. The van der Waals surface area contributed by atoms with Crippen LogP contribution in [-0.4, -0.2) is 49.3 Å². The van der Waals surface area contributed by atoms with Crippen LogP contribution >= 0.6 is 0 Å². The fourth-order valence-corrected chi connectivity index (χ4v) is 9.20. The zero-order chi connectivity index (χ0) is 36.2. The van der Waals surface area contributed by atoms with Crippen LogP contribution in [0.3, 0.4) is 0 Å². The van der Waals surface area contributed by atoms with E-state index in [0.717, 1.165) is 82.4 Å². The van der Waals surface area contributed by atoms with Crippen LogP contribution in [0, 0.1) is 0 Å². The summed E-state index contributed by atoms with van der Waals surface area (Å²) in [6.45, 7) is 14.3. The van der Waals surface area contributed by atoms with Gasteiger partial charge in [0.05, 0.1) is 10.3 Å². The lowest BCUT2D eigenvalue weighted by molar-refractivity contribution is -0.438.